The van der Waals surface area contributed by atoms with E-state index in [2.05, 4.69) is 67.0 Å². The van der Waals surface area contributed by atoms with E-state index in [-0.39, 0.29) is 0 Å². The Morgan fingerprint density at radius 3 is 2.57 bits per heavy atom. The van der Waals surface area contributed by atoms with Crippen LogP contribution in [-0.2, 0) is 0 Å². The Hall–Kier alpha value is -1.84. The summed E-state index contributed by atoms with van der Waals surface area (Å²) in [4.78, 5) is 1.38. The maximum Gasteiger partial charge on any atom is 0.111 e. The lowest BCUT2D eigenvalue weighted by Gasteiger charge is -2.18. The van der Waals surface area contributed by atoms with E-state index in [0.717, 1.165) is 18.7 Å². The first-order chi connectivity index (χ1) is 11.2. The molecule has 0 bridgehead atoms. The highest BCUT2D eigenvalue weighted by molar-refractivity contribution is 7.10. The van der Waals surface area contributed by atoms with Gasteiger partial charge in [0.1, 0.15) is 5.76 Å². The fourth-order valence-electron chi connectivity index (χ4n) is 2.84. The predicted octanol–water partition coefficient (Wildman–Crippen LogP) is 5.52. The van der Waals surface area contributed by atoms with Gasteiger partial charge in [-0.2, -0.15) is 0 Å². The zero-order valence-corrected chi connectivity index (χ0v) is 14.5. The summed E-state index contributed by atoms with van der Waals surface area (Å²) in [6.07, 6.45) is 2.78. The molecule has 0 saturated heterocycles. The van der Waals surface area contributed by atoms with Crippen LogP contribution in [0.2, 0.25) is 0 Å². The lowest BCUT2D eigenvalue weighted by Crippen LogP contribution is -2.21. The highest BCUT2D eigenvalue weighted by Gasteiger charge is 2.17. The van der Waals surface area contributed by atoms with E-state index >= 15 is 0 Å². The molecule has 0 aliphatic heterocycles. The molecule has 2 heterocycles. The average Bonchev–Trinajstić information content (AvgIpc) is 3.26. The van der Waals surface area contributed by atoms with Gasteiger partial charge >= 0.3 is 0 Å². The molecule has 3 heteroatoms. The van der Waals surface area contributed by atoms with Crippen LogP contribution in [0.5, 0.6) is 0 Å². The van der Waals surface area contributed by atoms with Crippen molar-refractivity contribution >= 4 is 11.3 Å². The van der Waals surface area contributed by atoms with Gasteiger partial charge in [0, 0.05) is 16.8 Å². The summed E-state index contributed by atoms with van der Waals surface area (Å²) in [5.74, 6) is 1.34. The van der Waals surface area contributed by atoms with Crippen molar-refractivity contribution in [3.63, 3.8) is 0 Å². The second-order valence-corrected chi connectivity index (χ2v) is 6.94. The van der Waals surface area contributed by atoms with Crippen molar-refractivity contribution in [2.75, 3.05) is 6.54 Å². The first-order valence-corrected chi connectivity index (χ1v) is 8.99. The third kappa shape index (κ3) is 4.12. The van der Waals surface area contributed by atoms with Crippen molar-refractivity contribution in [1.82, 2.24) is 5.32 Å². The molecular weight excluding hydrogens is 302 g/mol. The Morgan fingerprint density at radius 2 is 1.91 bits per heavy atom. The van der Waals surface area contributed by atoms with Crippen LogP contribution < -0.4 is 5.32 Å². The lowest BCUT2D eigenvalue weighted by atomic mass is 9.92. The van der Waals surface area contributed by atoms with E-state index < -0.39 is 0 Å². The molecule has 23 heavy (non-hydrogen) atoms. The van der Waals surface area contributed by atoms with Gasteiger partial charge in [-0.15, -0.1) is 11.3 Å². The Labute approximate surface area is 142 Å². The van der Waals surface area contributed by atoms with Crippen molar-refractivity contribution < 1.29 is 4.42 Å². The first-order valence-electron chi connectivity index (χ1n) is 8.11. The third-order valence-electron chi connectivity index (χ3n) is 4.22. The number of hydrogen-bond acceptors (Lipinski definition) is 3. The molecular formula is C20H23NOS. The van der Waals surface area contributed by atoms with Gasteiger partial charge in [-0.3, -0.25) is 0 Å². The second-order valence-electron chi connectivity index (χ2n) is 5.96. The minimum Gasteiger partial charge on any atom is -0.469 e. The maximum atomic E-state index is 5.68. The second kappa shape index (κ2) is 7.62. The molecule has 3 rings (SSSR count). The summed E-state index contributed by atoms with van der Waals surface area (Å²) in [5.41, 5.74) is 2.60. The molecule has 3 aromatic rings. The van der Waals surface area contributed by atoms with E-state index in [0.29, 0.717) is 12.0 Å². The molecule has 0 unspecified atom stereocenters. The maximum absolute atomic E-state index is 5.68. The van der Waals surface area contributed by atoms with Gasteiger partial charge in [0.25, 0.3) is 0 Å². The van der Waals surface area contributed by atoms with Gasteiger partial charge in [-0.05, 0) is 56.0 Å². The van der Waals surface area contributed by atoms with Gasteiger partial charge in [-0.1, -0.05) is 35.9 Å². The number of benzene rings is 1. The average molecular weight is 325 g/mol. The van der Waals surface area contributed by atoms with Crippen LogP contribution in [0.3, 0.4) is 0 Å². The fourth-order valence-corrected chi connectivity index (χ4v) is 3.60. The molecule has 0 fully saturated rings. The predicted molar refractivity (Wildman–Crippen MR) is 97.1 cm³/mol. The summed E-state index contributed by atoms with van der Waals surface area (Å²) in [5, 5.41) is 5.76. The van der Waals surface area contributed by atoms with Crippen LogP contribution in [0, 0.1) is 6.92 Å². The van der Waals surface area contributed by atoms with Crippen LogP contribution in [0.15, 0.2) is 64.6 Å². The van der Waals surface area contributed by atoms with Gasteiger partial charge in [-0.25, -0.2) is 0 Å². The van der Waals surface area contributed by atoms with E-state index in [9.17, 15) is 0 Å². The summed E-state index contributed by atoms with van der Waals surface area (Å²) >= 11 is 1.80. The van der Waals surface area contributed by atoms with Crippen LogP contribution in [0.25, 0.3) is 0 Å². The summed E-state index contributed by atoms with van der Waals surface area (Å²) in [6.45, 7) is 5.30. The highest BCUT2D eigenvalue weighted by Crippen LogP contribution is 2.29. The standard InChI is InChI=1S/C20H23NOS/c1-15-7-9-17(10-8-15)18(19-5-3-13-22-19)11-12-21-16(2)20-6-4-14-23-20/h3-10,13-14,16,18,21H,11-12H2,1-2H3/t16-,18+/m0/s1. The van der Waals surface area contributed by atoms with Gasteiger partial charge in [0.2, 0.25) is 0 Å². The van der Waals surface area contributed by atoms with E-state index in [1.807, 2.05) is 6.07 Å². The molecule has 0 aliphatic carbocycles. The summed E-state index contributed by atoms with van der Waals surface area (Å²) < 4.78 is 5.68. The Morgan fingerprint density at radius 1 is 1.09 bits per heavy atom. The Kier molecular flexibility index (Phi) is 5.31. The molecule has 1 N–H and O–H groups in total. The molecule has 0 aliphatic rings. The van der Waals surface area contributed by atoms with Crippen LogP contribution in [0.4, 0.5) is 0 Å². The summed E-state index contributed by atoms with van der Waals surface area (Å²) in [7, 11) is 0. The number of furan rings is 1. The minimum atomic E-state index is 0.300. The molecule has 0 saturated carbocycles. The Balaban J connectivity index is 1.66. The topological polar surface area (TPSA) is 25.2 Å². The zero-order valence-electron chi connectivity index (χ0n) is 13.7. The molecule has 120 valence electrons. The smallest absolute Gasteiger partial charge is 0.111 e. The third-order valence-corrected chi connectivity index (χ3v) is 5.27. The molecule has 1 aromatic carbocycles. The van der Waals surface area contributed by atoms with Gasteiger partial charge in [0.15, 0.2) is 0 Å². The lowest BCUT2D eigenvalue weighted by molar-refractivity contribution is 0.458. The van der Waals surface area contributed by atoms with Crippen LogP contribution in [0.1, 0.15) is 47.1 Å². The summed E-state index contributed by atoms with van der Waals surface area (Å²) in [6, 6.07) is 17.5. The van der Waals surface area contributed by atoms with Crippen molar-refractivity contribution in [2.24, 2.45) is 0 Å². The molecule has 2 atom stereocenters. The number of hydrogen-bond donors (Lipinski definition) is 1. The highest BCUT2D eigenvalue weighted by atomic mass is 32.1. The largest absolute Gasteiger partial charge is 0.469 e. The van der Waals surface area contributed by atoms with Crippen LogP contribution in [-0.4, -0.2) is 6.54 Å². The van der Waals surface area contributed by atoms with Crippen molar-refractivity contribution in [3.05, 3.63) is 81.9 Å². The van der Waals surface area contributed by atoms with Gasteiger partial charge < -0.3 is 9.73 Å². The molecule has 0 radical (unpaired) electrons. The quantitative estimate of drug-likeness (QED) is 0.618. The molecule has 0 spiro atoms. The van der Waals surface area contributed by atoms with E-state index in [1.54, 1.807) is 17.6 Å². The molecule has 2 aromatic heterocycles. The van der Waals surface area contributed by atoms with Crippen LogP contribution >= 0.6 is 11.3 Å². The number of thiophene rings is 1. The first kappa shape index (κ1) is 16.0. The molecule has 2 nitrogen and oxygen atoms in total. The Bertz CT molecular complexity index is 686. The van der Waals surface area contributed by atoms with E-state index in [1.165, 1.54) is 16.0 Å². The normalized spacial score (nSPS) is 13.8. The zero-order chi connectivity index (χ0) is 16.1. The van der Waals surface area contributed by atoms with Crippen molar-refractivity contribution in [2.45, 2.75) is 32.2 Å². The van der Waals surface area contributed by atoms with Crippen molar-refractivity contribution in [1.29, 1.82) is 0 Å². The SMILES string of the molecule is Cc1ccc([C@@H](CCN[C@@H](C)c2cccs2)c2ccco2)cc1. The van der Waals surface area contributed by atoms with E-state index in [4.69, 9.17) is 4.42 Å². The number of rotatable bonds is 7. The number of aryl methyl sites for hydroxylation is 1. The van der Waals surface area contributed by atoms with Crippen molar-refractivity contribution in [3.8, 4) is 0 Å². The number of nitrogens with one attached hydrogen (secondary N) is 1. The minimum absolute atomic E-state index is 0.300. The molecule has 0 amide bonds. The fraction of sp³-hybridized carbons (Fsp3) is 0.300. The monoisotopic (exact) mass is 325 g/mol. The van der Waals surface area contributed by atoms with Gasteiger partial charge in [0.05, 0.1) is 6.26 Å².